The molecular formula is C21H24FN3O4. The SMILES string of the molecule is CC1CN(C(=O)COc2ccccc2[N+](=O)[O-])C(C)CN1Cc1ccc(F)cc1. The van der Waals surface area contributed by atoms with Gasteiger partial charge in [0, 0.05) is 37.8 Å². The van der Waals surface area contributed by atoms with Crippen LogP contribution in [0.2, 0.25) is 0 Å². The van der Waals surface area contributed by atoms with Crippen LogP contribution in [0.4, 0.5) is 10.1 Å². The van der Waals surface area contributed by atoms with Crippen LogP contribution in [0.25, 0.3) is 0 Å². The van der Waals surface area contributed by atoms with Crippen molar-refractivity contribution in [2.24, 2.45) is 0 Å². The zero-order chi connectivity index (χ0) is 21.0. The fourth-order valence-corrected chi connectivity index (χ4v) is 3.54. The van der Waals surface area contributed by atoms with E-state index in [4.69, 9.17) is 4.74 Å². The molecule has 0 N–H and O–H groups in total. The molecule has 8 heteroatoms. The summed E-state index contributed by atoms with van der Waals surface area (Å²) in [6.45, 7) is 5.64. The van der Waals surface area contributed by atoms with Crippen LogP contribution < -0.4 is 4.74 Å². The molecule has 0 aliphatic carbocycles. The van der Waals surface area contributed by atoms with E-state index in [9.17, 15) is 19.3 Å². The van der Waals surface area contributed by atoms with Crippen LogP contribution in [0, 0.1) is 15.9 Å². The number of piperazine rings is 1. The van der Waals surface area contributed by atoms with Crippen molar-refractivity contribution in [2.75, 3.05) is 19.7 Å². The third-order valence-corrected chi connectivity index (χ3v) is 5.15. The maximum atomic E-state index is 13.1. The number of nitrogens with zero attached hydrogens (tertiary/aromatic N) is 3. The smallest absolute Gasteiger partial charge is 0.310 e. The zero-order valence-electron chi connectivity index (χ0n) is 16.5. The maximum Gasteiger partial charge on any atom is 0.310 e. The number of halogens is 1. The molecule has 2 aromatic carbocycles. The Morgan fingerprint density at radius 3 is 2.52 bits per heavy atom. The Balaban J connectivity index is 1.59. The molecule has 1 aliphatic heterocycles. The van der Waals surface area contributed by atoms with Crippen LogP contribution in [0.5, 0.6) is 5.75 Å². The summed E-state index contributed by atoms with van der Waals surface area (Å²) in [4.78, 5) is 27.2. The van der Waals surface area contributed by atoms with E-state index in [2.05, 4.69) is 4.90 Å². The summed E-state index contributed by atoms with van der Waals surface area (Å²) in [6.07, 6.45) is 0. The molecule has 154 valence electrons. The highest BCUT2D eigenvalue weighted by Gasteiger charge is 2.32. The van der Waals surface area contributed by atoms with Gasteiger partial charge < -0.3 is 9.64 Å². The molecule has 0 spiro atoms. The van der Waals surface area contributed by atoms with Gasteiger partial charge in [-0.15, -0.1) is 0 Å². The van der Waals surface area contributed by atoms with Gasteiger partial charge in [-0.2, -0.15) is 0 Å². The average molecular weight is 401 g/mol. The molecule has 2 unspecified atom stereocenters. The zero-order valence-corrected chi connectivity index (χ0v) is 16.5. The fourth-order valence-electron chi connectivity index (χ4n) is 3.54. The molecule has 7 nitrogen and oxygen atoms in total. The monoisotopic (exact) mass is 401 g/mol. The largest absolute Gasteiger partial charge is 0.477 e. The van der Waals surface area contributed by atoms with Gasteiger partial charge in [0.05, 0.1) is 4.92 Å². The molecule has 3 rings (SSSR count). The first-order valence-electron chi connectivity index (χ1n) is 9.49. The van der Waals surface area contributed by atoms with Crippen LogP contribution in [0.3, 0.4) is 0 Å². The summed E-state index contributed by atoms with van der Waals surface area (Å²) in [5.41, 5.74) is 0.857. The van der Waals surface area contributed by atoms with Crippen molar-refractivity contribution < 1.29 is 18.8 Å². The number of carbonyl (C=O) groups is 1. The van der Waals surface area contributed by atoms with Crippen molar-refractivity contribution in [2.45, 2.75) is 32.5 Å². The molecular weight excluding hydrogens is 377 g/mol. The summed E-state index contributed by atoms with van der Waals surface area (Å²) >= 11 is 0. The van der Waals surface area contributed by atoms with Crippen LogP contribution >= 0.6 is 0 Å². The Morgan fingerprint density at radius 2 is 1.83 bits per heavy atom. The highest BCUT2D eigenvalue weighted by Crippen LogP contribution is 2.26. The van der Waals surface area contributed by atoms with Gasteiger partial charge in [0.1, 0.15) is 5.82 Å². The van der Waals surface area contributed by atoms with Crippen LogP contribution in [0.15, 0.2) is 48.5 Å². The van der Waals surface area contributed by atoms with E-state index in [1.54, 1.807) is 29.2 Å². The van der Waals surface area contributed by atoms with Crippen molar-refractivity contribution in [1.29, 1.82) is 0 Å². The lowest BCUT2D eigenvalue weighted by Crippen LogP contribution is -2.58. The van der Waals surface area contributed by atoms with Crippen molar-refractivity contribution in [3.63, 3.8) is 0 Å². The molecule has 2 aromatic rings. The van der Waals surface area contributed by atoms with Gasteiger partial charge >= 0.3 is 5.69 Å². The number of benzene rings is 2. The second-order valence-corrected chi connectivity index (χ2v) is 7.31. The van der Waals surface area contributed by atoms with Gasteiger partial charge in [-0.3, -0.25) is 19.8 Å². The molecule has 1 fully saturated rings. The second kappa shape index (κ2) is 9.00. The molecule has 0 bridgehead atoms. The molecule has 1 amide bonds. The summed E-state index contributed by atoms with van der Waals surface area (Å²) in [5.74, 6) is -0.380. The second-order valence-electron chi connectivity index (χ2n) is 7.31. The van der Waals surface area contributed by atoms with Crippen molar-refractivity contribution in [1.82, 2.24) is 9.80 Å². The molecule has 1 heterocycles. The summed E-state index contributed by atoms with van der Waals surface area (Å²) in [6, 6.07) is 12.5. The number of hydrogen-bond donors (Lipinski definition) is 0. The molecule has 29 heavy (non-hydrogen) atoms. The van der Waals surface area contributed by atoms with Gasteiger partial charge in [-0.1, -0.05) is 24.3 Å². The van der Waals surface area contributed by atoms with Crippen LogP contribution in [-0.4, -0.2) is 52.4 Å². The van der Waals surface area contributed by atoms with Gasteiger partial charge in [0.2, 0.25) is 0 Å². The fraction of sp³-hybridized carbons (Fsp3) is 0.381. The summed E-state index contributed by atoms with van der Waals surface area (Å²) in [5, 5.41) is 11.1. The van der Waals surface area contributed by atoms with Crippen molar-refractivity contribution >= 4 is 11.6 Å². The van der Waals surface area contributed by atoms with Gasteiger partial charge in [-0.05, 0) is 37.6 Å². The summed E-state index contributed by atoms with van der Waals surface area (Å²) in [7, 11) is 0. The van der Waals surface area contributed by atoms with E-state index in [0.717, 1.165) is 5.56 Å². The number of rotatable bonds is 6. The topological polar surface area (TPSA) is 75.9 Å². The van der Waals surface area contributed by atoms with E-state index in [0.29, 0.717) is 19.6 Å². The normalized spacial score (nSPS) is 19.8. The molecule has 0 aromatic heterocycles. The predicted molar refractivity (Wildman–Crippen MR) is 106 cm³/mol. The minimum atomic E-state index is -0.529. The number of amides is 1. The van der Waals surface area contributed by atoms with Gasteiger partial charge in [0.25, 0.3) is 5.91 Å². The van der Waals surface area contributed by atoms with E-state index in [1.165, 1.54) is 24.3 Å². The van der Waals surface area contributed by atoms with E-state index in [-0.39, 0.29) is 41.9 Å². The first-order chi connectivity index (χ1) is 13.8. The molecule has 0 saturated carbocycles. The first kappa shape index (κ1) is 20.7. The average Bonchev–Trinajstić information content (AvgIpc) is 2.70. The van der Waals surface area contributed by atoms with Crippen LogP contribution in [-0.2, 0) is 11.3 Å². The van der Waals surface area contributed by atoms with E-state index in [1.807, 2.05) is 13.8 Å². The lowest BCUT2D eigenvalue weighted by Gasteiger charge is -2.44. The third kappa shape index (κ3) is 5.08. The van der Waals surface area contributed by atoms with E-state index < -0.39 is 4.92 Å². The van der Waals surface area contributed by atoms with E-state index >= 15 is 0 Å². The van der Waals surface area contributed by atoms with Gasteiger partial charge in [0.15, 0.2) is 12.4 Å². The first-order valence-corrected chi connectivity index (χ1v) is 9.49. The Bertz CT molecular complexity index is 874. The Kier molecular flexibility index (Phi) is 6.43. The quantitative estimate of drug-likeness (QED) is 0.549. The van der Waals surface area contributed by atoms with Gasteiger partial charge in [-0.25, -0.2) is 4.39 Å². The molecule has 1 saturated heterocycles. The maximum absolute atomic E-state index is 13.1. The lowest BCUT2D eigenvalue weighted by molar-refractivity contribution is -0.385. The highest BCUT2D eigenvalue weighted by molar-refractivity contribution is 5.78. The third-order valence-electron chi connectivity index (χ3n) is 5.15. The highest BCUT2D eigenvalue weighted by atomic mass is 19.1. The number of nitro groups is 1. The minimum Gasteiger partial charge on any atom is -0.477 e. The lowest BCUT2D eigenvalue weighted by atomic mass is 10.1. The Morgan fingerprint density at radius 1 is 1.14 bits per heavy atom. The molecule has 1 aliphatic rings. The molecule has 0 radical (unpaired) electrons. The number of nitro benzene ring substituents is 1. The van der Waals surface area contributed by atoms with Crippen molar-refractivity contribution in [3.8, 4) is 5.75 Å². The minimum absolute atomic E-state index is 0.0338. The number of ether oxygens (including phenoxy) is 1. The number of para-hydroxylation sites is 2. The van der Waals surface area contributed by atoms with Crippen molar-refractivity contribution in [3.05, 3.63) is 70.0 Å². The van der Waals surface area contributed by atoms with Crippen LogP contribution in [0.1, 0.15) is 19.4 Å². The number of carbonyl (C=O) groups excluding carboxylic acids is 1. The summed E-state index contributed by atoms with van der Waals surface area (Å²) < 4.78 is 18.6. The molecule has 2 atom stereocenters. The predicted octanol–water partition coefficient (Wildman–Crippen LogP) is 3.23. The number of hydrogen-bond acceptors (Lipinski definition) is 5. The Hall–Kier alpha value is -3.00. The standard InChI is InChI=1S/C21H24FN3O4/c1-15-12-24(16(2)11-23(15)13-17-7-9-18(22)10-8-17)21(26)14-29-20-6-4-3-5-19(20)25(27)28/h3-10,15-16H,11-14H2,1-2H3. The Labute approximate surface area is 168 Å².